The molecule has 0 aromatic heterocycles. The minimum absolute atomic E-state index is 0.460. The first-order chi connectivity index (χ1) is 6.29. The van der Waals surface area contributed by atoms with Gasteiger partial charge in [-0.2, -0.15) is 0 Å². The van der Waals surface area contributed by atoms with E-state index >= 15 is 0 Å². The summed E-state index contributed by atoms with van der Waals surface area (Å²) in [7, 11) is 0. The average Bonchev–Trinajstić information content (AvgIpc) is 2.17. The largest absolute Gasteiger partial charge is 0.478 e. The van der Waals surface area contributed by atoms with Crippen molar-refractivity contribution in [2.75, 3.05) is 5.75 Å². The molecular weight excluding hydrogens is 184 g/mol. The summed E-state index contributed by atoms with van der Waals surface area (Å²) >= 11 is 1.66. The lowest BCUT2D eigenvalue weighted by molar-refractivity contribution is 0.0693. The topological polar surface area (TPSA) is 37.3 Å². The Morgan fingerprint density at radius 2 is 2.31 bits per heavy atom. The molecule has 1 N–H and O–H groups in total. The van der Waals surface area contributed by atoms with Gasteiger partial charge in [0.2, 0.25) is 0 Å². The smallest absolute Gasteiger partial charge is 0.336 e. The molecule has 0 fully saturated rings. The fourth-order valence-corrected chi connectivity index (χ4v) is 2.72. The summed E-state index contributed by atoms with van der Waals surface area (Å²) in [6.07, 6.45) is 2.17. The molecule has 0 saturated heterocycles. The van der Waals surface area contributed by atoms with Crippen molar-refractivity contribution in [2.24, 2.45) is 0 Å². The number of carbonyl (C=O) groups is 1. The van der Waals surface area contributed by atoms with Gasteiger partial charge < -0.3 is 5.11 Å². The summed E-state index contributed by atoms with van der Waals surface area (Å²) in [5.74, 6) is 0.225. The van der Waals surface area contributed by atoms with Crippen LogP contribution in [0, 0.1) is 0 Å². The summed E-state index contributed by atoms with van der Waals surface area (Å²) in [5.41, 5.74) is 1.65. The van der Waals surface area contributed by atoms with E-state index in [0.29, 0.717) is 5.56 Å². The summed E-state index contributed by atoms with van der Waals surface area (Å²) in [4.78, 5) is 11.8. The molecule has 1 aliphatic rings. The van der Waals surface area contributed by atoms with Crippen molar-refractivity contribution in [3.05, 3.63) is 29.3 Å². The number of fused-ring (bicyclic) bond motifs is 1. The van der Waals surface area contributed by atoms with E-state index in [4.69, 9.17) is 5.11 Å². The van der Waals surface area contributed by atoms with E-state index in [0.717, 1.165) is 23.5 Å². The van der Waals surface area contributed by atoms with Crippen molar-refractivity contribution >= 4 is 17.7 Å². The number of carboxylic acids is 1. The Labute approximate surface area is 81.0 Å². The van der Waals surface area contributed by atoms with Gasteiger partial charge in [0.15, 0.2) is 0 Å². The molecule has 1 aromatic carbocycles. The van der Waals surface area contributed by atoms with Crippen LogP contribution in [-0.4, -0.2) is 16.8 Å². The van der Waals surface area contributed by atoms with E-state index in [9.17, 15) is 4.79 Å². The lowest BCUT2D eigenvalue weighted by Crippen LogP contribution is -2.05. The average molecular weight is 194 g/mol. The number of hydrogen-bond donors (Lipinski definition) is 1. The molecule has 0 atom stereocenters. The van der Waals surface area contributed by atoms with Gasteiger partial charge in [0.05, 0.1) is 5.56 Å². The normalized spacial score (nSPS) is 15.1. The Kier molecular flexibility index (Phi) is 2.27. The SMILES string of the molecule is O=C(O)c1cccc2c1SCCC2. The molecule has 0 spiro atoms. The van der Waals surface area contributed by atoms with Crippen molar-refractivity contribution in [1.29, 1.82) is 0 Å². The van der Waals surface area contributed by atoms with Crippen LogP contribution in [0.2, 0.25) is 0 Å². The third-order valence-electron chi connectivity index (χ3n) is 2.16. The second kappa shape index (κ2) is 3.42. The van der Waals surface area contributed by atoms with Gasteiger partial charge in [-0.15, -0.1) is 11.8 Å². The number of aryl methyl sites for hydroxylation is 1. The first-order valence-electron chi connectivity index (χ1n) is 4.27. The maximum atomic E-state index is 10.9. The number of carboxylic acid groups (broad SMARTS) is 1. The van der Waals surface area contributed by atoms with Crippen LogP contribution in [0.25, 0.3) is 0 Å². The molecule has 0 saturated carbocycles. The second-order valence-corrected chi connectivity index (χ2v) is 4.16. The van der Waals surface area contributed by atoms with E-state index < -0.39 is 5.97 Å². The molecule has 0 unspecified atom stereocenters. The zero-order chi connectivity index (χ0) is 9.26. The van der Waals surface area contributed by atoms with Crippen LogP contribution in [0.1, 0.15) is 22.3 Å². The van der Waals surface area contributed by atoms with E-state index in [1.54, 1.807) is 17.8 Å². The predicted octanol–water partition coefficient (Wildman–Crippen LogP) is 2.42. The number of benzene rings is 1. The highest BCUT2D eigenvalue weighted by atomic mass is 32.2. The molecule has 68 valence electrons. The van der Waals surface area contributed by atoms with Crippen molar-refractivity contribution in [1.82, 2.24) is 0 Å². The van der Waals surface area contributed by atoms with Gasteiger partial charge in [0, 0.05) is 4.90 Å². The van der Waals surface area contributed by atoms with Crippen LogP contribution in [-0.2, 0) is 6.42 Å². The van der Waals surface area contributed by atoms with Gasteiger partial charge in [0.25, 0.3) is 0 Å². The van der Waals surface area contributed by atoms with Gasteiger partial charge in [-0.25, -0.2) is 4.79 Å². The number of thioether (sulfide) groups is 1. The van der Waals surface area contributed by atoms with Gasteiger partial charge in [-0.3, -0.25) is 0 Å². The van der Waals surface area contributed by atoms with Crippen molar-refractivity contribution in [3.63, 3.8) is 0 Å². The van der Waals surface area contributed by atoms with E-state index in [1.165, 1.54) is 5.56 Å². The van der Waals surface area contributed by atoms with E-state index in [1.807, 2.05) is 12.1 Å². The molecular formula is C10H10O2S. The number of aromatic carboxylic acids is 1. The van der Waals surface area contributed by atoms with Gasteiger partial charge in [-0.1, -0.05) is 12.1 Å². The van der Waals surface area contributed by atoms with E-state index in [2.05, 4.69) is 0 Å². The first kappa shape index (κ1) is 8.63. The lowest BCUT2D eigenvalue weighted by atomic mass is 10.1. The predicted molar refractivity (Wildman–Crippen MR) is 52.4 cm³/mol. The Bertz CT molecular complexity index is 347. The van der Waals surface area contributed by atoms with Crippen LogP contribution in [0.3, 0.4) is 0 Å². The first-order valence-corrected chi connectivity index (χ1v) is 5.25. The quantitative estimate of drug-likeness (QED) is 0.746. The van der Waals surface area contributed by atoms with Crippen molar-refractivity contribution in [3.8, 4) is 0 Å². The van der Waals surface area contributed by atoms with Crippen LogP contribution < -0.4 is 0 Å². The van der Waals surface area contributed by atoms with Crippen LogP contribution in [0.5, 0.6) is 0 Å². The van der Waals surface area contributed by atoms with Gasteiger partial charge in [-0.05, 0) is 30.2 Å². The molecule has 13 heavy (non-hydrogen) atoms. The number of hydrogen-bond acceptors (Lipinski definition) is 2. The molecule has 0 aliphatic carbocycles. The maximum absolute atomic E-state index is 10.9. The Morgan fingerprint density at radius 3 is 3.08 bits per heavy atom. The molecule has 2 nitrogen and oxygen atoms in total. The lowest BCUT2D eigenvalue weighted by Gasteiger charge is -2.16. The molecule has 2 rings (SSSR count). The molecule has 1 aromatic rings. The third-order valence-corrected chi connectivity index (χ3v) is 3.43. The van der Waals surface area contributed by atoms with Crippen molar-refractivity contribution in [2.45, 2.75) is 17.7 Å². The Balaban J connectivity index is 2.52. The van der Waals surface area contributed by atoms with Crippen LogP contribution >= 0.6 is 11.8 Å². The zero-order valence-corrected chi connectivity index (χ0v) is 7.93. The highest BCUT2D eigenvalue weighted by molar-refractivity contribution is 7.99. The van der Waals surface area contributed by atoms with Crippen LogP contribution in [0.4, 0.5) is 0 Å². The summed E-state index contributed by atoms with van der Waals surface area (Å²) in [6, 6.07) is 5.53. The molecule has 1 aliphatic heterocycles. The van der Waals surface area contributed by atoms with Crippen LogP contribution in [0.15, 0.2) is 23.1 Å². The second-order valence-electron chi connectivity index (χ2n) is 3.05. The molecule has 3 heteroatoms. The standard InChI is InChI=1S/C10H10O2S/c11-10(12)8-5-1-3-7-4-2-6-13-9(7)8/h1,3,5H,2,4,6H2,(H,11,12). The van der Waals surface area contributed by atoms with E-state index in [-0.39, 0.29) is 0 Å². The Morgan fingerprint density at radius 1 is 1.46 bits per heavy atom. The Hall–Kier alpha value is -0.960. The maximum Gasteiger partial charge on any atom is 0.336 e. The van der Waals surface area contributed by atoms with Crippen molar-refractivity contribution < 1.29 is 9.90 Å². The molecule has 1 heterocycles. The monoisotopic (exact) mass is 194 g/mol. The molecule has 0 radical (unpaired) electrons. The third kappa shape index (κ3) is 1.56. The van der Waals surface area contributed by atoms with Gasteiger partial charge >= 0.3 is 5.97 Å². The minimum atomic E-state index is -0.814. The van der Waals surface area contributed by atoms with Gasteiger partial charge in [0.1, 0.15) is 0 Å². The summed E-state index contributed by atoms with van der Waals surface area (Å²) in [6.45, 7) is 0. The highest BCUT2D eigenvalue weighted by Gasteiger charge is 2.16. The summed E-state index contributed by atoms with van der Waals surface area (Å²) < 4.78 is 0. The number of rotatable bonds is 1. The minimum Gasteiger partial charge on any atom is -0.478 e. The zero-order valence-electron chi connectivity index (χ0n) is 7.12. The molecule has 0 bridgehead atoms. The fraction of sp³-hybridized carbons (Fsp3) is 0.300. The molecule has 0 amide bonds. The highest BCUT2D eigenvalue weighted by Crippen LogP contribution is 2.32. The fourth-order valence-electron chi connectivity index (χ4n) is 1.56. The summed E-state index contributed by atoms with van der Waals surface area (Å²) in [5, 5.41) is 8.93.